The predicted octanol–water partition coefficient (Wildman–Crippen LogP) is 17.1. The van der Waals surface area contributed by atoms with Crippen molar-refractivity contribution in [2.75, 3.05) is 6.61 Å². The second-order valence-electron chi connectivity index (χ2n) is 18.8. The third kappa shape index (κ3) is 47.5. The molecule has 0 aromatic heterocycles. The van der Waals surface area contributed by atoms with Crippen molar-refractivity contribution in [3.8, 4) is 0 Å². The molecular weight excluding hydrogens is 815 g/mol. The van der Waals surface area contributed by atoms with Crippen LogP contribution in [0.15, 0.2) is 85.1 Å². The molecule has 0 saturated heterocycles. The van der Waals surface area contributed by atoms with Gasteiger partial charge in [-0.3, -0.25) is 9.59 Å². The third-order valence-electron chi connectivity index (χ3n) is 12.3. The Morgan fingerprint density at radius 2 is 0.864 bits per heavy atom. The zero-order valence-corrected chi connectivity index (χ0v) is 43.3. The normalized spacial score (nSPS) is 13.8. The molecule has 380 valence electrons. The van der Waals surface area contributed by atoms with Crippen LogP contribution in [-0.4, -0.2) is 46.9 Å². The number of allylic oxidation sites excluding steroid dienone is 14. The van der Waals surface area contributed by atoms with Gasteiger partial charge in [0, 0.05) is 6.42 Å². The molecule has 0 heterocycles. The highest BCUT2D eigenvalue weighted by Crippen LogP contribution is 2.18. The molecule has 0 aromatic carbocycles. The second kappa shape index (κ2) is 53.0. The summed E-state index contributed by atoms with van der Waals surface area (Å²) in [5.41, 5.74) is 0. The van der Waals surface area contributed by atoms with Crippen LogP contribution in [0.25, 0.3) is 0 Å². The largest absolute Gasteiger partial charge is 0.462 e. The standard InChI is InChI=1S/C60H105NO5/c1-4-7-10-13-16-19-22-25-27-29-31-33-35-38-41-44-47-50-53-60(65)66-56(51-48-45-42-39-36-34-32-30-28-26-23-20-17-14-11-8-5-2)54-59(64)61-57(55-62)58(63)52-49-46-43-40-37-24-21-18-15-12-9-6-3/h10,13,16-17,19-20,22,25-29,31,33,56-58,62-63H,4-9,11-12,14-15,18,21,23-24,30,32,34-55H2,1-3H3,(H,61,64)/b13-10+,19-16+,20-17-,25-22+,28-26-,29-27+,33-31+. The van der Waals surface area contributed by atoms with E-state index < -0.39 is 18.2 Å². The first-order valence-electron chi connectivity index (χ1n) is 27.9. The average molecular weight is 921 g/mol. The van der Waals surface area contributed by atoms with Crippen molar-refractivity contribution in [1.29, 1.82) is 0 Å². The second-order valence-corrected chi connectivity index (χ2v) is 18.8. The summed E-state index contributed by atoms with van der Waals surface area (Å²) >= 11 is 0. The molecule has 0 rings (SSSR count). The number of aliphatic hydroxyl groups excluding tert-OH is 2. The van der Waals surface area contributed by atoms with Gasteiger partial charge in [0.1, 0.15) is 6.10 Å². The van der Waals surface area contributed by atoms with E-state index in [0.29, 0.717) is 19.3 Å². The van der Waals surface area contributed by atoms with Crippen LogP contribution in [0.1, 0.15) is 258 Å². The maximum absolute atomic E-state index is 13.3. The van der Waals surface area contributed by atoms with E-state index in [-0.39, 0.29) is 24.9 Å². The SMILES string of the molecule is CCC/C=C/C=C/C=C/C=C/C=C/CCCCCCCC(=O)OC(CCCCCCCCC/C=C\C/C=C\CCCCC)CC(=O)NC(CO)C(O)CCCCCCCCCCCCCC. The van der Waals surface area contributed by atoms with Gasteiger partial charge in [-0.05, 0) is 77.0 Å². The first kappa shape index (κ1) is 63.0. The van der Waals surface area contributed by atoms with Crippen LogP contribution in [0.4, 0.5) is 0 Å². The highest BCUT2D eigenvalue weighted by Gasteiger charge is 2.24. The summed E-state index contributed by atoms with van der Waals surface area (Å²) in [5, 5.41) is 23.8. The van der Waals surface area contributed by atoms with E-state index in [1.54, 1.807) is 0 Å². The molecule has 66 heavy (non-hydrogen) atoms. The number of hydrogen-bond donors (Lipinski definition) is 3. The third-order valence-corrected chi connectivity index (χ3v) is 12.3. The molecule has 0 aromatic rings. The Morgan fingerprint density at radius 3 is 1.38 bits per heavy atom. The number of amides is 1. The minimum absolute atomic E-state index is 0.0580. The van der Waals surface area contributed by atoms with E-state index in [4.69, 9.17) is 4.74 Å². The first-order chi connectivity index (χ1) is 32.5. The van der Waals surface area contributed by atoms with Gasteiger partial charge < -0.3 is 20.3 Å². The molecule has 3 N–H and O–H groups in total. The highest BCUT2D eigenvalue weighted by atomic mass is 16.5. The Hall–Kier alpha value is -2.96. The molecule has 1 amide bonds. The monoisotopic (exact) mass is 920 g/mol. The predicted molar refractivity (Wildman–Crippen MR) is 287 cm³/mol. The van der Waals surface area contributed by atoms with Crippen LogP contribution in [-0.2, 0) is 14.3 Å². The van der Waals surface area contributed by atoms with Crippen molar-refractivity contribution >= 4 is 11.9 Å². The quantitative estimate of drug-likeness (QED) is 0.0245. The zero-order chi connectivity index (χ0) is 48.1. The number of unbranched alkanes of at least 4 members (excludes halogenated alkanes) is 27. The topological polar surface area (TPSA) is 95.9 Å². The number of ether oxygens (including phenoxy) is 1. The summed E-state index contributed by atoms with van der Waals surface area (Å²) in [6.07, 6.45) is 69.2. The van der Waals surface area contributed by atoms with Crippen molar-refractivity contribution in [2.45, 2.75) is 277 Å². The molecule has 0 aliphatic carbocycles. The van der Waals surface area contributed by atoms with Crippen molar-refractivity contribution in [2.24, 2.45) is 0 Å². The molecule has 3 unspecified atom stereocenters. The molecule has 6 heteroatoms. The van der Waals surface area contributed by atoms with Gasteiger partial charge >= 0.3 is 5.97 Å². The number of carbonyl (C=O) groups is 2. The molecule has 0 aliphatic heterocycles. The van der Waals surface area contributed by atoms with Gasteiger partial charge in [0.25, 0.3) is 0 Å². The molecule has 3 atom stereocenters. The Labute approximate surface area is 408 Å². The molecule has 6 nitrogen and oxygen atoms in total. The number of carbonyl (C=O) groups excluding carboxylic acids is 2. The van der Waals surface area contributed by atoms with Crippen LogP contribution < -0.4 is 5.32 Å². The summed E-state index contributed by atoms with van der Waals surface area (Å²) < 4.78 is 5.95. The smallest absolute Gasteiger partial charge is 0.306 e. The summed E-state index contributed by atoms with van der Waals surface area (Å²) in [7, 11) is 0. The molecule has 0 fully saturated rings. The lowest BCUT2D eigenvalue weighted by molar-refractivity contribution is -0.151. The van der Waals surface area contributed by atoms with Crippen molar-refractivity contribution in [3.05, 3.63) is 85.1 Å². The van der Waals surface area contributed by atoms with Gasteiger partial charge in [-0.15, -0.1) is 0 Å². The first-order valence-corrected chi connectivity index (χ1v) is 27.9. The lowest BCUT2D eigenvalue weighted by Gasteiger charge is -2.24. The molecule has 0 spiro atoms. The zero-order valence-electron chi connectivity index (χ0n) is 43.3. The summed E-state index contributed by atoms with van der Waals surface area (Å²) in [4.78, 5) is 26.3. The van der Waals surface area contributed by atoms with E-state index in [9.17, 15) is 19.8 Å². The Morgan fingerprint density at radius 1 is 0.455 bits per heavy atom. The summed E-state index contributed by atoms with van der Waals surface area (Å²) in [6.45, 7) is 6.37. The molecular formula is C60H105NO5. The van der Waals surface area contributed by atoms with E-state index >= 15 is 0 Å². The van der Waals surface area contributed by atoms with E-state index in [1.807, 2.05) is 24.3 Å². The summed E-state index contributed by atoms with van der Waals surface area (Å²) in [5.74, 6) is -0.510. The van der Waals surface area contributed by atoms with Crippen LogP contribution in [0.2, 0.25) is 0 Å². The fourth-order valence-electron chi connectivity index (χ4n) is 8.08. The Balaban J connectivity index is 4.66. The van der Waals surface area contributed by atoms with Crippen molar-refractivity contribution in [3.63, 3.8) is 0 Å². The van der Waals surface area contributed by atoms with Gasteiger partial charge in [0.15, 0.2) is 0 Å². The van der Waals surface area contributed by atoms with Gasteiger partial charge in [-0.1, -0.05) is 254 Å². The average Bonchev–Trinajstić information content (AvgIpc) is 3.31. The number of nitrogens with one attached hydrogen (secondary N) is 1. The fraction of sp³-hybridized carbons (Fsp3) is 0.733. The maximum Gasteiger partial charge on any atom is 0.306 e. The van der Waals surface area contributed by atoms with Crippen molar-refractivity contribution < 1.29 is 24.5 Å². The fourth-order valence-corrected chi connectivity index (χ4v) is 8.08. The Bertz CT molecular complexity index is 1260. The van der Waals surface area contributed by atoms with Crippen LogP contribution in [0.5, 0.6) is 0 Å². The number of rotatable bonds is 49. The minimum Gasteiger partial charge on any atom is -0.462 e. The van der Waals surface area contributed by atoms with Crippen LogP contribution in [0.3, 0.4) is 0 Å². The molecule has 0 radical (unpaired) electrons. The lowest BCUT2D eigenvalue weighted by atomic mass is 10.0. The van der Waals surface area contributed by atoms with E-state index in [1.165, 1.54) is 116 Å². The summed E-state index contributed by atoms with van der Waals surface area (Å²) in [6, 6.07) is -0.714. The number of hydrogen-bond acceptors (Lipinski definition) is 5. The number of aliphatic hydroxyl groups is 2. The van der Waals surface area contributed by atoms with Gasteiger partial charge in [-0.2, -0.15) is 0 Å². The molecule has 0 aliphatic rings. The van der Waals surface area contributed by atoms with Gasteiger partial charge in [0.2, 0.25) is 5.91 Å². The van der Waals surface area contributed by atoms with Crippen LogP contribution >= 0.6 is 0 Å². The number of esters is 1. The maximum atomic E-state index is 13.3. The lowest BCUT2D eigenvalue weighted by Crippen LogP contribution is -2.46. The molecule has 0 saturated carbocycles. The van der Waals surface area contributed by atoms with Crippen LogP contribution in [0, 0.1) is 0 Å². The van der Waals surface area contributed by atoms with Gasteiger partial charge in [-0.25, -0.2) is 0 Å². The van der Waals surface area contributed by atoms with Gasteiger partial charge in [0.05, 0.1) is 25.2 Å². The highest BCUT2D eigenvalue weighted by molar-refractivity contribution is 5.77. The molecule has 0 bridgehead atoms. The van der Waals surface area contributed by atoms with Crippen molar-refractivity contribution in [1.82, 2.24) is 5.32 Å². The van der Waals surface area contributed by atoms with E-state index in [2.05, 4.69) is 86.8 Å². The van der Waals surface area contributed by atoms with E-state index in [0.717, 1.165) is 96.3 Å². The minimum atomic E-state index is -0.799. The Kier molecular flexibility index (Phi) is 50.6.